The first-order valence-electron chi connectivity index (χ1n) is 9.77. The molecule has 158 valence electrons. The summed E-state index contributed by atoms with van der Waals surface area (Å²) in [6, 6.07) is 11.2. The van der Waals surface area contributed by atoms with Gasteiger partial charge in [-0.05, 0) is 67.3 Å². The molecule has 2 aromatic rings. The molecule has 9 heteroatoms. The SMILES string of the molecule is NC(=O)C1CCN(C(=O)c2ccc3c(c2)CCN3S(=O)(=O)c2ccc(Cl)cc2)CC1. The lowest BCUT2D eigenvalue weighted by atomic mass is 9.95. The Morgan fingerprint density at radius 3 is 2.30 bits per heavy atom. The highest BCUT2D eigenvalue weighted by Gasteiger charge is 2.32. The minimum absolute atomic E-state index is 0.111. The smallest absolute Gasteiger partial charge is 0.264 e. The van der Waals surface area contributed by atoms with Crippen molar-refractivity contribution in [1.29, 1.82) is 0 Å². The second-order valence-electron chi connectivity index (χ2n) is 7.59. The third-order valence-electron chi connectivity index (χ3n) is 5.77. The lowest BCUT2D eigenvalue weighted by molar-refractivity contribution is -0.123. The topological polar surface area (TPSA) is 101 Å². The molecule has 2 heterocycles. The van der Waals surface area contributed by atoms with Crippen molar-refractivity contribution >= 4 is 39.1 Å². The number of hydrogen-bond acceptors (Lipinski definition) is 4. The molecule has 0 saturated carbocycles. The van der Waals surface area contributed by atoms with E-state index in [1.165, 1.54) is 16.4 Å². The van der Waals surface area contributed by atoms with Crippen LogP contribution in [0.25, 0.3) is 0 Å². The van der Waals surface area contributed by atoms with Gasteiger partial charge in [0.05, 0.1) is 10.6 Å². The lowest BCUT2D eigenvalue weighted by Gasteiger charge is -2.30. The van der Waals surface area contributed by atoms with Crippen LogP contribution in [0.5, 0.6) is 0 Å². The zero-order chi connectivity index (χ0) is 21.5. The van der Waals surface area contributed by atoms with E-state index in [-0.39, 0.29) is 22.6 Å². The molecule has 0 aliphatic carbocycles. The molecule has 7 nitrogen and oxygen atoms in total. The predicted octanol–water partition coefficient (Wildman–Crippen LogP) is 2.43. The van der Waals surface area contributed by atoms with Gasteiger partial charge in [-0.25, -0.2) is 8.42 Å². The first kappa shape index (κ1) is 20.7. The van der Waals surface area contributed by atoms with E-state index in [0.29, 0.717) is 55.2 Å². The van der Waals surface area contributed by atoms with E-state index in [1.807, 2.05) is 0 Å². The van der Waals surface area contributed by atoms with Crippen LogP contribution in [0.3, 0.4) is 0 Å². The lowest BCUT2D eigenvalue weighted by Crippen LogP contribution is -2.41. The van der Waals surface area contributed by atoms with Crippen molar-refractivity contribution in [2.45, 2.75) is 24.2 Å². The van der Waals surface area contributed by atoms with Gasteiger partial charge in [0.2, 0.25) is 5.91 Å². The Morgan fingerprint density at radius 2 is 1.67 bits per heavy atom. The normalized spacial score (nSPS) is 17.1. The van der Waals surface area contributed by atoms with E-state index >= 15 is 0 Å². The van der Waals surface area contributed by atoms with Gasteiger partial charge in [-0.2, -0.15) is 0 Å². The van der Waals surface area contributed by atoms with Crippen molar-refractivity contribution < 1.29 is 18.0 Å². The van der Waals surface area contributed by atoms with Crippen molar-refractivity contribution in [2.75, 3.05) is 23.9 Å². The number of likely N-dealkylation sites (tertiary alicyclic amines) is 1. The van der Waals surface area contributed by atoms with Crippen molar-refractivity contribution in [1.82, 2.24) is 4.90 Å². The van der Waals surface area contributed by atoms with E-state index in [1.54, 1.807) is 35.2 Å². The van der Waals surface area contributed by atoms with E-state index in [0.717, 1.165) is 5.56 Å². The van der Waals surface area contributed by atoms with Crippen LogP contribution in [-0.2, 0) is 21.2 Å². The van der Waals surface area contributed by atoms with Crippen molar-refractivity contribution in [3.05, 3.63) is 58.6 Å². The number of carbonyl (C=O) groups excluding carboxylic acids is 2. The van der Waals surface area contributed by atoms with E-state index in [9.17, 15) is 18.0 Å². The maximum Gasteiger partial charge on any atom is 0.264 e. The summed E-state index contributed by atoms with van der Waals surface area (Å²) in [5.41, 5.74) is 7.30. The molecular weight excluding hydrogens is 426 g/mol. The molecule has 0 aromatic heterocycles. The van der Waals surface area contributed by atoms with Gasteiger partial charge in [0.15, 0.2) is 0 Å². The van der Waals surface area contributed by atoms with Crippen LogP contribution in [-0.4, -0.2) is 44.8 Å². The van der Waals surface area contributed by atoms with Gasteiger partial charge >= 0.3 is 0 Å². The summed E-state index contributed by atoms with van der Waals surface area (Å²) in [5, 5.41) is 0.471. The second kappa shape index (κ2) is 7.92. The Hall–Kier alpha value is -2.58. The quantitative estimate of drug-likeness (QED) is 0.777. The van der Waals surface area contributed by atoms with E-state index in [2.05, 4.69) is 0 Å². The highest BCUT2D eigenvalue weighted by molar-refractivity contribution is 7.92. The van der Waals surface area contributed by atoms with E-state index in [4.69, 9.17) is 17.3 Å². The first-order valence-corrected chi connectivity index (χ1v) is 11.6. The fourth-order valence-corrected chi connectivity index (χ4v) is 5.67. The highest BCUT2D eigenvalue weighted by Crippen LogP contribution is 2.34. The molecular formula is C21H22ClN3O4S. The largest absolute Gasteiger partial charge is 0.369 e. The maximum atomic E-state index is 13.0. The van der Waals surface area contributed by atoms with Crippen molar-refractivity contribution in [3.63, 3.8) is 0 Å². The van der Waals surface area contributed by atoms with E-state index < -0.39 is 10.0 Å². The molecule has 1 fully saturated rings. The summed E-state index contributed by atoms with van der Waals surface area (Å²) in [5.74, 6) is -0.609. The fraction of sp³-hybridized carbons (Fsp3) is 0.333. The number of primary amides is 1. The number of halogens is 1. The Morgan fingerprint density at radius 1 is 1.00 bits per heavy atom. The molecule has 2 N–H and O–H groups in total. The minimum Gasteiger partial charge on any atom is -0.369 e. The van der Waals surface area contributed by atoms with Gasteiger partial charge in [-0.1, -0.05) is 11.6 Å². The Kier molecular flexibility index (Phi) is 5.46. The molecule has 0 radical (unpaired) electrons. The second-order valence-corrected chi connectivity index (χ2v) is 9.89. The molecule has 2 aliphatic heterocycles. The average Bonchev–Trinajstić information content (AvgIpc) is 3.17. The molecule has 0 bridgehead atoms. The van der Waals surface area contributed by atoms with Gasteiger partial charge in [-0.3, -0.25) is 13.9 Å². The van der Waals surface area contributed by atoms with Gasteiger partial charge < -0.3 is 10.6 Å². The summed E-state index contributed by atoms with van der Waals surface area (Å²) >= 11 is 5.87. The number of carbonyl (C=O) groups is 2. The minimum atomic E-state index is -3.70. The standard InChI is InChI=1S/C21H22ClN3O4S/c22-17-2-4-18(5-3-17)30(28,29)25-12-9-15-13-16(1-6-19(15)25)21(27)24-10-7-14(8-11-24)20(23)26/h1-6,13-14H,7-12H2,(H2,23,26). The number of hydrogen-bond donors (Lipinski definition) is 1. The molecule has 1 saturated heterocycles. The zero-order valence-electron chi connectivity index (χ0n) is 16.3. The predicted molar refractivity (Wildman–Crippen MR) is 114 cm³/mol. The zero-order valence-corrected chi connectivity index (χ0v) is 17.8. The number of nitrogens with zero attached hydrogens (tertiary/aromatic N) is 2. The molecule has 0 atom stereocenters. The van der Waals surface area contributed by atoms with Gasteiger partial charge in [-0.15, -0.1) is 0 Å². The number of nitrogens with two attached hydrogens (primary N) is 1. The van der Waals surface area contributed by atoms with Crippen molar-refractivity contribution in [3.8, 4) is 0 Å². The Balaban J connectivity index is 1.53. The number of sulfonamides is 1. The molecule has 4 rings (SSSR count). The van der Waals surface area contributed by atoms with Crippen LogP contribution in [0.2, 0.25) is 5.02 Å². The number of rotatable bonds is 4. The molecule has 2 amide bonds. The number of anilines is 1. The number of fused-ring (bicyclic) bond motifs is 1. The van der Waals surface area contributed by atoms with Crippen LogP contribution in [0.4, 0.5) is 5.69 Å². The fourth-order valence-electron chi connectivity index (χ4n) is 4.04. The molecule has 0 spiro atoms. The van der Waals surface area contributed by atoms with Crippen LogP contribution in [0.1, 0.15) is 28.8 Å². The summed E-state index contributed by atoms with van der Waals surface area (Å²) in [4.78, 5) is 26.1. The third kappa shape index (κ3) is 3.77. The monoisotopic (exact) mass is 447 g/mol. The van der Waals surface area contributed by atoms with Gasteiger partial charge in [0.1, 0.15) is 0 Å². The summed E-state index contributed by atoms with van der Waals surface area (Å²) in [6.45, 7) is 1.29. The van der Waals surface area contributed by atoms with Gasteiger partial charge in [0.25, 0.3) is 15.9 Å². The van der Waals surface area contributed by atoms with Crippen molar-refractivity contribution in [2.24, 2.45) is 11.7 Å². The number of benzene rings is 2. The van der Waals surface area contributed by atoms with Crippen LogP contribution in [0.15, 0.2) is 47.4 Å². The average molecular weight is 448 g/mol. The Bertz CT molecular complexity index is 1090. The Labute approximate surface area is 180 Å². The maximum absolute atomic E-state index is 13.0. The molecule has 2 aromatic carbocycles. The molecule has 2 aliphatic rings. The van der Waals surface area contributed by atoms with Crippen LogP contribution >= 0.6 is 11.6 Å². The summed E-state index contributed by atoms with van der Waals surface area (Å²) in [7, 11) is -3.70. The van der Waals surface area contributed by atoms with Crippen LogP contribution < -0.4 is 10.0 Å². The number of piperidine rings is 1. The summed E-state index contributed by atoms with van der Waals surface area (Å²) < 4.78 is 27.4. The highest BCUT2D eigenvalue weighted by atomic mass is 35.5. The first-order chi connectivity index (χ1) is 14.3. The third-order valence-corrected chi connectivity index (χ3v) is 7.84. The summed E-state index contributed by atoms with van der Waals surface area (Å²) in [6.07, 6.45) is 1.67. The van der Waals surface area contributed by atoms with Crippen LogP contribution in [0, 0.1) is 5.92 Å². The molecule has 0 unspecified atom stereocenters. The molecule has 30 heavy (non-hydrogen) atoms. The number of amides is 2. The van der Waals surface area contributed by atoms with Gasteiger partial charge in [0, 0.05) is 36.1 Å².